The van der Waals surface area contributed by atoms with Gasteiger partial charge in [-0.25, -0.2) is 15.2 Å². The van der Waals surface area contributed by atoms with Crippen LogP contribution in [-0.4, -0.2) is 59.7 Å². The third kappa shape index (κ3) is 3.96. The van der Waals surface area contributed by atoms with E-state index in [0.29, 0.717) is 12.5 Å². The summed E-state index contributed by atoms with van der Waals surface area (Å²) in [6.07, 6.45) is 1.84. The lowest BCUT2D eigenvalue weighted by Gasteiger charge is -2.36. The lowest BCUT2D eigenvalue weighted by molar-refractivity contribution is -0.127. The molecule has 0 aromatic heterocycles. The Kier molecular flexibility index (Phi) is 5.24. The molecule has 2 aromatic rings. The van der Waals surface area contributed by atoms with Crippen LogP contribution in [0.3, 0.4) is 0 Å². The predicted molar refractivity (Wildman–Crippen MR) is 110 cm³/mol. The first kappa shape index (κ1) is 18.7. The van der Waals surface area contributed by atoms with E-state index in [1.807, 2.05) is 65.6 Å². The molecule has 1 saturated heterocycles. The van der Waals surface area contributed by atoms with Crippen LogP contribution in [0.5, 0.6) is 0 Å². The average Bonchev–Trinajstić information content (AvgIpc) is 3.11. The van der Waals surface area contributed by atoms with Gasteiger partial charge >= 0.3 is 6.03 Å². The number of hydrogen-bond acceptors (Lipinski definition) is 6. The van der Waals surface area contributed by atoms with Crippen molar-refractivity contribution in [2.45, 2.75) is 18.6 Å². The van der Waals surface area contributed by atoms with Crippen molar-refractivity contribution in [2.24, 2.45) is 10.1 Å². The van der Waals surface area contributed by atoms with Crippen LogP contribution in [0.1, 0.15) is 11.1 Å². The topological polar surface area (TPSA) is 89.4 Å². The molecule has 0 saturated carbocycles. The van der Waals surface area contributed by atoms with Crippen LogP contribution >= 0.6 is 0 Å². The van der Waals surface area contributed by atoms with Gasteiger partial charge in [0.25, 0.3) is 5.91 Å². The van der Waals surface area contributed by atoms with Gasteiger partial charge in [0.2, 0.25) is 5.96 Å². The van der Waals surface area contributed by atoms with Gasteiger partial charge in [0, 0.05) is 13.6 Å². The van der Waals surface area contributed by atoms with Gasteiger partial charge in [0.05, 0.1) is 6.21 Å². The average molecular weight is 390 g/mol. The van der Waals surface area contributed by atoms with E-state index in [9.17, 15) is 9.59 Å². The SMILES string of the molecule is CN1C(=O)NC(=O)C2C1N=C(N/N=C/c1ccccc1)N2CCc1ccccc1. The molecule has 0 aliphatic carbocycles. The number of likely N-dealkylation sites (N-methyl/N-ethyl adjacent to an activating group) is 1. The van der Waals surface area contributed by atoms with Gasteiger partial charge in [-0.05, 0) is 17.5 Å². The number of nitrogens with one attached hydrogen (secondary N) is 2. The van der Waals surface area contributed by atoms with E-state index in [1.165, 1.54) is 4.90 Å². The summed E-state index contributed by atoms with van der Waals surface area (Å²) in [6, 6.07) is 18.7. The fraction of sp³-hybridized carbons (Fsp3) is 0.238. The van der Waals surface area contributed by atoms with Gasteiger partial charge in [-0.1, -0.05) is 60.7 Å². The number of carbonyl (C=O) groups is 2. The number of amides is 3. The Morgan fingerprint density at radius 3 is 2.52 bits per heavy atom. The van der Waals surface area contributed by atoms with Crippen LogP contribution in [0.15, 0.2) is 70.8 Å². The molecule has 8 heteroatoms. The minimum atomic E-state index is -0.587. The Labute approximate surface area is 168 Å². The Hall–Kier alpha value is -3.68. The van der Waals surface area contributed by atoms with Crippen LogP contribution in [0, 0.1) is 0 Å². The highest BCUT2D eigenvalue weighted by Crippen LogP contribution is 2.23. The van der Waals surface area contributed by atoms with Crippen LogP contribution in [0.4, 0.5) is 4.79 Å². The molecule has 2 heterocycles. The number of hydrazone groups is 1. The number of fused-ring (bicyclic) bond motifs is 1. The summed E-state index contributed by atoms with van der Waals surface area (Å²) in [5.41, 5.74) is 5.05. The van der Waals surface area contributed by atoms with Crippen LogP contribution in [0.2, 0.25) is 0 Å². The summed E-state index contributed by atoms with van der Waals surface area (Å²) in [4.78, 5) is 32.4. The largest absolute Gasteiger partial charge is 0.325 e. The van der Waals surface area contributed by atoms with Crippen molar-refractivity contribution >= 4 is 24.1 Å². The van der Waals surface area contributed by atoms with E-state index in [4.69, 9.17) is 0 Å². The quantitative estimate of drug-likeness (QED) is 0.597. The highest BCUT2D eigenvalue weighted by molar-refractivity contribution is 6.03. The van der Waals surface area contributed by atoms with E-state index in [1.54, 1.807) is 13.3 Å². The van der Waals surface area contributed by atoms with Crippen molar-refractivity contribution in [3.05, 3.63) is 71.8 Å². The number of guanidine groups is 1. The summed E-state index contributed by atoms with van der Waals surface area (Å²) < 4.78 is 0. The van der Waals surface area contributed by atoms with Crippen LogP contribution in [-0.2, 0) is 11.2 Å². The smallest absolute Gasteiger partial charge is 0.325 e. The molecule has 2 N–H and O–H groups in total. The monoisotopic (exact) mass is 390 g/mol. The van der Waals surface area contributed by atoms with E-state index >= 15 is 0 Å². The summed E-state index contributed by atoms with van der Waals surface area (Å²) in [5.74, 6) is 0.124. The predicted octanol–water partition coefficient (Wildman–Crippen LogP) is 1.40. The zero-order valence-electron chi connectivity index (χ0n) is 16.0. The van der Waals surface area contributed by atoms with Crippen molar-refractivity contribution in [3.63, 3.8) is 0 Å². The first-order valence-corrected chi connectivity index (χ1v) is 9.43. The van der Waals surface area contributed by atoms with Crippen molar-refractivity contribution in [2.75, 3.05) is 13.6 Å². The zero-order valence-corrected chi connectivity index (χ0v) is 16.0. The number of hydrogen-bond donors (Lipinski definition) is 2. The first-order chi connectivity index (χ1) is 14.1. The van der Waals surface area contributed by atoms with Crippen LogP contribution in [0.25, 0.3) is 0 Å². The lowest BCUT2D eigenvalue weighted by Crippen LogP contribution is -2.64. The first-order valence-electron chi connectivity index (χ1n) is 9.43. The number of urea groups is 1. The highest BCUT2D eigenvalue weighted by Gasteiger charge is 2.48. The number of nitrogens with zero attached hydrogens (tertiary/aromatic N) is 4. The summed E-state index contributed by atoms with van der Waals surface area (Å²) in [7, 11) is 1.63. The van der Waals surface area contributed by atoms with Gasteiger partial charge in [-0.2, -0.15) is 5.10 Å². The number of aliphatic imine (C=N–C) groups is 1. The third-order valence-corrected chi connectivity index (χ3v) is 5.02. The number of imide groups is 1. The fourth-order valence-corrected chi connectivity index (χ4v) is 3.46. The molecule has 0 spiro atoms. The van der Waals surface area contributed by atoms with Crippen molar-refractivity contribution in [3.8, 4) is 0 Å². The molecule has 2 aliphatic heterocycles. The standard InChI is InChI=1S/C21H22N6O2/c1-26-18-17(19(28)24-21(26)29)27(13-12-15-8-4-2-5-9-15)20(23-18)25-22-14-16-10-6-3-7-11-16/h2-11,14,17-18H,12-13H2,1H3,(H,23,25)(H,24,28,29)/b22-14+. The van der Waals surface area contributed by atoms with Gasteiger partial charge in [0.1, 0.15) is 0 Å². The Morgan fingerprint density at radius 2 is 1.79 bits per heavy atom. The van der Waals surface area contributed by atoms with E-state index in [2.05, 4.69) is 20.8 Å². The minimum absolute atomic E-state index is 0.348. The second-order valence-corrected chi connectivity index (χ2v) is 6.93. The van der Waals surface area contributed by atoms with Gasteiger partial charge in [-0.3, -0.25) is 10.1 Å². The molecular weight excluding hydrogens is 368 g/mol. The molecule has 148 valence electrons. The number of carbonyl (C=O) groups excluding carboxylic acids is 2. The van der Waals surface area contributed by atoms with Gasteiger partial charge in [-0.15, -0.1) is 0 Å². The second kappa shape index (κ2) is 8.14. The lowest BCUT2D eigenvalue weighted by atomic mass is 10.1. The number of rotatable bonds is 5. The van der Waals surface area contributed by atoms with Gasteiger partial charge in [0.15, 0.2) is 12.2 Å². The fourth-order valence-electron chi connectivity index (χ4n) is 3.46. The van der Waals surface area contributed by atoms with Crippen molar-refractivity contribution in [1.82, 2.24) is 20.5 Å². The van der Waals surface area contributed by atoms with E-state index in [0.717, 1.165) is 17.5 Å². The maximum Gasteiger partial charge on any atom is 0.325 e. The van der Waals surface area contributed by atoms with Crippen molar-refractivity contribution < 1.29 is 9.59 Å². The Bertz CT molecular complexity index is 944. The molecule has 2 atom stereocenters. The molecule has 8 nitrogen and oxygen atoms in total. The molecule has 2 aromatic carbocycles. The second-order valence-electron chi connectivity index (χ2n) is 6.93. The molecule has 0 bridgehead atoms. The molecule has 1 fully saturated rings. The Balaban J connectivity index is 1.54. The van der Waals surface area contributed by atoms with Crippen LogP contribution < -0.4 is 10.7 Å². The summed E-state index contributed by atoms with van der Waals surface area (Å²) >= 11 is 0. The zero-order chi connectivity index (χ0) is 20.2. The Morgan fingerprint density at radius 1 is 1.10 bits per heavy atom. The van der Waals surface area contributed by atoms with E-state index in [-0.39, 0.29) is 5.91 Å². The minimum Gasteiger partial charge on any atom is -0.325 e. The molecular formula is C21H22N6O2. The molecule has 29 heavy (non-hydrogen) atoms. The maximum atomic E-state index is 12.6. The highest BCUT2D eigenvalue weighted by atomic mass is 16.2. The summed E-state index contributed by atoms with van der Waals surface area (Å²) in [6.45, 7) is 0.563. The molecule has 0 radical (unpaired) electrons. The maximum absolute atomic E-state index is 12.6. The van der Waals surface area contributed by atoms with Crippen molar-refractivity contribution in [1.29, 1.82) is 0 Å². The number of benzene rings is 2. The third-order valence-electron chi connectivity index (χ3n) is 5.02. The molecule has 4 rings (SSSR count). The molecule has 2 aliphatic rings. The molecule has 2 unspecified atom stereocenters. The normalized spacial score (nSPS) is 21.2. The molecule has 3 amide bonds. The van der Waals surface area contributed by atoms with Gasteiger partial charge < -0.3 is 9.80 Å². The summed E-state index contributed by atoms with van der Waals surface area (Å²) in [5, 5.41) is 6.67. The van der Waals surface area contributed by atoms with E-state index < -0.39 is 18.2 Å².